The first-order valence-electron chi connectivity index (χ1n) is 11.0. The molecule has 3 aromatic carbocycles. The number of rotatable bonds is 6. The van der Waals surface area contributed by atoms with E-state index in [9.17, 15) is 4.55 Å². The van der Waals surface area contributed by atoms with E-state index in [4.69, 9.17) is 14.1 Å². The van der Waals surface area contributed by atoms with E-state index >= 15 is 0 Å². The molecule has 0 saturated carbocycles. The highest BCUT2D eigenvalue weighted by atomic mass is 32.2. The lowest BCUT2D eigenvalue weighted by Crippen LogP contribution is -2.01. The van der Waals surface area contributed by atoms with Gasteiger partial charge in [-0.05, 0) is 72.0 Å². The highest BCUT2D eigenvalue weighted by Crippen LogP contribution is 2.35. The Balaban J connectivity index is 1.52. The van der Waals surface area contributed by atoms with Gasteiger partial charge in [0.2, 0.25) is 0 Å². The number of pyridine rings is 1. The smallest absolute Gasteiger partial charge is 0.156 e. The number of benzene rings is 3. The first-order chi connectivity index (χ1) is 16.0. The molecule has 0 saturated heterocycles. The Morgan fingerprint density at radius 1 is 0.970 bits per heavy atom. The zero-order chi connectivity index (χ0) is 22.9. The van der Waals surface area contributed by atoms with Gasteiger partial charge in [0.1, 0.15) is 29.9 Å². The second-order valence-corrected chi connectivity index (χ2v) is 9.49. The van der Waals surface area contributed by atoms with E-state index in [2.05, 4.69) is 32.0 Å². The Bertz CT molecular complexity index is 1450. The Kier molecular flexibility index (Phi) is 5.83. The maximum atomic E-state index is 11.8. The van der Waals surface area contributed by atoms with Gasteiger partial charge < -0.3 is 13.7 Å². The average molecular weight is 456 g/mol. The van der Waals surface area contributed by atoms with Gasteiger partial charge in [-0.15, -0.1) is 0 Å². The molecule has 2 heterocycles. The fourth-order valence-electron chi connectivity index (χ4n) is 4.18. The van der Waals surface area contributed by atoms with Gasteiger partial charge in [-0.25, -0.2) is 4.98 Å². The van der Waals surface area contributed by atoms with Crippen LogP contribution in [-0.2, 0) is 24.2 Å². The SMILES string of the molecule is CCc1ccc(OCc2cccc([S+](C)[O-])c2)c2ccc(-c3oc4ccccc4c3C)nc12. The summed E-state index contributed by atoms with van der Waals surface area (Å²) in [5, 5.41) is 2.08. The minimum Gasteiger partial charge on any atom is -0.612 e. The van der Waals surface area contributed by atoms with E-state index < -0.39 is 11.2 Å². The molecule has 33 heavy (non-hydrogen) atoms. The number of ether oxygens (including phenoxy) is 1. The largest absolute Gasteiger partial charge is 0.612 e. The minimum atomic E-state index is -1.02. The molecular weight excluding hydrogens is 430 g/mol. The maximum Gasteiger partial charge on any atom is 0.156 e. The molecule has 1 atom stereocenters. The van der Waals surface area contributed by atoms with E-state index in [-0.39, 0.29) is 0 Å². The number of fused-ring (bicyclic) bond motifs is 2. The van der Waals surface area contributed by atoms with Gasteiger partial charge in [0.05, 0.1) is 5.52 Å². The number of para-hydroxylation sites is 1. The molecule has 0 aliphatic heterocycles. The predicted molar refractivity (Wildman–Crippen MR) is 134 cm³/mol. The van der Waals surface area contributed by atoms with Gasteiger partial charge in [-0.1, -0.05) is 43.3 Å². The molecule has 4 nitrogen and oxygen atoms in total. The highest BCUT2D eigenvalue weighted by Gasteiger charge is 2.16. The normalized spacial score (nSPS) is 12.4. The van der Waals surface area contributed by atoms with E-state index in [1.807, 2.05) is 54.6 Å². The zero-order valence-electron chi connectivity index (χ0n) is 18.9. The molecule has 0 amide bonds. The summed E-state index contributed by atoms with van der Waals surface area (Å²) in [6.07, 6.45) is 2.56. The van der Waals surface area contributed by atoms with Crippen molar-refractivity contribution in [2.45, 2.75) is 31.8 Å². The molecule has 5 heteroatoms. The number of furan rings is 1. The second-order valence-electron chi connectivity index (χ2n) is 8.11. The maximum absolute atomic E-state index is 11.8. The Hall–Kier alpha value is -3.28. The van der Waals surface area contributed by atoms with E-state index in [0.29, 0.717) is 6.61 Å². The summed E-state index contributed by atoms with van der Waals surface area (Å²) in [5.41, 5.74) is 5.86. The monoisotopic (exact) mass is 455 g/mol. The van der Waals surface area contributed by atoms with Gasteiger partial charge in [0, 0.05) is 16.3 Å². The molecule has 2 aromatic heterocycles. The molecule has 0 radical (unpaired) electrons. The lowest BCUT2D eigenvalue weighted by atomic mass is 10.0. The van der Waals surface area contributed by atoms with Crippen LogP contribution in [-0.4, -0.2) is 15.8 Å². The standard InChI is InChI=1S/C28H25NO3S/c1-4-20-12-15-25(31-17-19-8-7-9-21(16-19)33(3)30)23-13-14-24(29-27(20)23)28-18(2)22-10-5-6-11-26(22)32-28/h5-16H,4,17H2,1-3H3. The van der Waals surface area contributed by atoms with Crippen LogP contribution in [0.5, 0.6) is 5.75 Å². The van der Waals surface area contributed by atoms with Crippen molar-refractivity contribution in [1.82, 2.24) is 4.98 Å². The lowest BCUT2D eigenvalue weighted by Gasteiger charge is -2.13. The van der Waals surface area contributed by atoms with Gasteiger partial charge in [0.15, 0.2) is 10.7 Å². The zero-order valence-corrected chi connectivity index (χ0v) is 19.7. The summed E-state index contributed by atoms with van der Waals surface area (Å²) in [6, 6.07) is 23.9. The van der Waals surface area contributed by atoms with Crippen molar-refractivity contribution < 1.29 is 13.7 Å². The summed E-state index contributed by atoms with van der Waals surface area (Å²) in [5.74, 6) is 1.58. The van der Waals surface area contributed by atoms with Crippen molar-refractivity contribution in [3.05, 3.63) is 89.5 Å². The number of nitrogens with zero attached hydrogens (tertiary/aromatic N) is 1. The topological polar surface area (TPSA) is 58.3 Å². The highest BCUT2D eigenvalue weighted by molar-refractivity contribution is 7.90. The fraction of sp³-hybridized carbons (Fsp3) is 0.179. The van der Waals surface area contributed by atoms with E-state index in [1.165, 1.54) is 0 Å². The van der Waals surface area contributed by atoms with Crippen molar-refractivity contribution >= 4 is 33.0 Å². The van der Waals surface area contributed by atoms with E-state index in [1.54, 1.807) is 6.26 Å². The van der Waals surface area contributed by atoms with Crippen LogP contribution >= 0.6 is 0 Å². The van der Waals surface area contributed by atoms with Crippen LogP contribution in [0.15, 0.2) is 82.1 Å². The number of hydrogen-bond acceptors (Lipinski definition) is 4. The van der Waals surface area contributed by atoms with Crippen LogP contribution in [0.4, 0.5) is 0 Å². The van der Waals surface area contributed by atoms with Crippen molar-refractivity contribution in [1.29, 1.82) is 0 Å². The third-order valence-corrected chi connectivity index (χ3v) is 6.90. The van der Waals surface area contributed by atoms with Crippen LogP contribution < -0.4 is 4.74 Å². The third-order valence-electron chi connectivity index (χ3n) is 5.98. The molecule has 5 rings (SSSR count). The van der Waals surface area contributed by atoms with Crippen molar-refractivity contribution in [2.75, 3.05) is 6.26 Å². The molecule has 0 spiro atoms. The van der Waals surface area contributed by atoms with Crippen molar-refractivity contribution in [3.8, 4) is 17.2 Å². The van der Waals surface area contributed by atoms with Gasteiger partial charge >= 0.3 is 0 Å². The summed E-state index contributed by atoms with van der Waals surface area (Å²) < 4.78 is 24.2. The van der Waals surface area contributed by atoms with Gasteiger partial charge in [0.25, 0.3) is 0 Å². The van der Waals surface area contributed by atoms with Crippen LogP contribution in [0.1, 0.15) is 23.6 Å². The molecule has 0 aliphatic carbocycles. The molecule has 166 valence electrons. The van der Waals surface area contributed by atoms with Crippen LogP contribution in [0, 0.1) is 6.92 Å². The first-order valence-corrected chi connectivity index (χ1v) is 12.6. The molecule has 0 fully saturated rings. The molecule has 0 N–H and O–H groups in total. The Labute approximate surface area is 196 Å². The number of aryl methyl sites for hydroxylation is 2. The Morgan fingerprint density at radius 2 is 1.82 bits per heavy atom. The quantitative estimate of drug-likeness (QED) is 0.263. The molecule has 0 bridgehead atoms. The van der Waals surface area contributed by atoms with Crippen LogP contribution in [0.3, 0.4) is 0 Å². The van der Waals surface area contributed by atoms with Crippen LogP contribution in [0.2, 0.25) is 0 Å². The van der Waals surface area contributed by atoms with Gasteiger partial charge in [-0.2, -0.15) is 0 Å². The Morgan fingerprint density at radius 3 is 2.61 bits per heavy atom. The third kappa shape index (κ3) is 4.10. The molecule has 0 aliphatic rings. The average Bonchev–Trinajstić information content (AvgIpc) is 3.19. The molecule has 5 aromatic rings. The molecular formula is C28H25NO3S. The minimum absolute atomic E-state index is 0.399. The first kappa shape index (κ1) is 21.6. The van der Waals surface area contributed by atoms with Crippen molar-refractivity contribution in [3.63, 3.8) is 0 Å². The van der Waals surface area contributed by atoms with E-state index in [0.717, 1.165) is 67.1 Å². The summed E-state index contributed by atoms with van der Waals surface area (Å²) in [6.45, 7) is 4.60. The number of hydrogen-bond donors (Lipinski definition) is 0. The second kappa shape index (κ2) is 8.93. The predicted octanol–water partition coefficient (Wildman–Crippen LogP) is 6.84. The van der Waals surface area contributed by atoms with Gasteiger partial charge in [-0.3, -0.25) is 0 Å². The number of aromatic nitrogens is 1. The summed E-state index contributed by atoms with van der Waals surface area (Å²) in [4.78, 5) is 5.81. The lowest BCUT2D eigenvalue weighted by molar-refractivity contribution is 0.309. The summed E-state index contributed by atoms with van der Waals surface area (Å²) >= 11 is -1.02. The fourth-order valence-corrected chi connectivity index (χ4v) is 4.77. The summed E-state index contributed by atoms with van der Waals surface area (Å²) in [7, 11) is 0. The van der Waals surface area contributed by atoms with Crippen LogP contribution in [0.25, 0.3) is 33.3 Å². The van der Waals surface area contributed by atoms with Crippen molar-refractivity contribution in [2.24, 2.45) is 0 Å². The molecule has 1 unspecified atom stereocenters.